The zero-order chi connectivity index (χ0) is 15.4. The summed E-state index contributed by atoms with van der Waals surface area (Å²) in [5.74, 6) is -1.04. The zero-order valence-corrected chi connectivity index (χ0v) is 12.7. The van der Waals surface area contributed by atoms with E-state index in [1.165, 1.54) is 12.1 Å². The van der Waals surface area contributed by atoms with Crippen LogP contribution in [0.15, 0.2) is 42.5 Å². The average molecular weight is 306 g/mol. The van der Waals surface area contributed by atoms with E-state index >= 15 is 0 Å². The number of hydrogen-bond acceptors (Lipinski definition) is 1. The molecular formula is C17H17ClFNO. The Morgan fingerprint density at radius 2 is 2.00 bits per heavy atom. The summed E-state index contributed by atoms with van der Waals surface area (Å²) in [6, 6.07) is 11.8. The van der Waals surface area contributed by atoms with E-state index in [1.807, 2.05) is 38.1 Å². The summed E-state index contributed by atoms with van der Waals surface area (Å²) in [6.07, 6.45) is 0.728. The fraction of sp³-hybridized carbons (Fsp3) is 0.235. The predicted molar refractivity (Wildman–Crippen MR) is 83.1 cm³/mol. The molecule has 2 nitrogen and oxygen atoms in total. The van der Waals surface area contributed by atoms with Gasteiger partial charge in [0.1, 0.15) is 5.82 Å². The van der Waals surface area contributed by atoms with Crippen molar-refractivity contribution in [3.8, 4) is 0 Å². The summed E-state index contributed by atoms with van der Waals surface area (Å²) < 4.78 is 13.8. The molecule has 0 unspecified atom stereocenters. The highest BCUT2D eigenvalue weighted by Crippen LogP contribution is 2.22. The van der Waals surface area contributed by atoms with E-state index in [2.05, 4.69) is 5.32 Å². The van der Waals surface area contributed by atoms with Gasteiger partial charge in [-0.2, -0.15) is 0 Å². The molecule has 2 aromatic rings. The first-order valence-corrected chi connectivity index (χ1v) is 7.22. The van der Waals surface area contributed by atoms with Crippen molar-refractivity contribution in [3.63, 3.8) is 0 Å². The highest BCUT2D eigenvalue weighted by molar-refractivity contribution is 6.30. The molecule has 0 aliphatic rings. The van der Waals surface area contributed by atoms with Crippen LogP contribution in [0.1, 0.15) is 40.9 Å². The first-order valence-electron chi connectivity index (χ1n) is 6.84. The van der Waals surface area contributed by atoms with Gasteiger partial charge in [0.25, 0.3) is 5.91 Å². The van der Waals surface area contributed by atoms with Gasteiger partial charge in [-0.1, -0.05) is 42.8 Å². The minimum absolute atomic E-state index is 0.00596. The van der Waals surface area contributed by atoms with Gasteiger partial charge < -0.3 is 5.32 Å². The maximum Gasteiger partial charge on any atom is 0.254 e. The van der Waals surface area contributed by atoms with Gasteiger partial charge in [0, 0.05) is 5.02 Å². The van der Waals surface area contributed by atoms with Crippen molar-refractivity contribution in [1.29, 1.82) is 0 Å². The van der Waals surface area contributed by atoms with E-state index in [0.29, 0.717) is 0 Å². The third-order valence-electron chi connectivity index (χ3n) is 3.45. The van der Waals surface area contributed by atoms with Crippen LogP contribution >= 0.6 is 11.6 Å². The molecule has 1 N–H and O–H groups in total. The molecule has 21 heavy (non-hydrogen) atoms. The smallest absolute Gasteiger partial charge is 0.254 e. The Morgan fingerprint density at radius 1 is 1.29 bits per heavy atom. The largest absolute Gasteiger partial charge is 0.345 e. The van der Waals surface area contributed by atoms with Gasteiger partial charge in [0.15, 0.2) is 0 Å². The lowest BCUT2D eigenvalue weighted by Gasteiger charge is -2.19. The third-order valence-corrected chi connectivity index (χ3v) is 3.69. The van der Waals surface area contributed by atoms with Crippen molar-refractivity contribution < 1.29 is 9.18 Å². The minimum Gasteiger partial charge on any atom is -0.345 e. The number of benzene rings is 2. The summed E-state index contributed by atoms with van der Waals surface area (Å²) >= 11 is 5.70. The van der Waals surface area contributed by atoms with Crippen LogP contribution < -0.4 is 5.32 Å². The van der Waals surface area contributed by atoms with Crippen molar-refractivity contribution in [2.45, 2.75) is 26.3 Å². The first kappa shape index (κ1) is 15.5. The fourth-order valence-electron chi connectivity index (χ4n) is 2.29. The predicted octanol–water partition coefficient (Wildman–Crippen LogP) is 4.67. The van der Waals surface area contributed by atoms with Gasteiger partial charge in [-0.05, 0) is 42.7 Å². The second-order valence-corrected chi connectivity index (χ2v) is 5.35. The number of halogens is 2. The van der Waals surface area contributed by atoms with Crippen LogP contribution in [0, 0.1) is 12.7 Å². The molecule has 0 aliphatic carbocycles. The van der Waals surface area contributed by atoms with Crippen LogP contribution in [0.25, 0.3) is 0 Å². The Hall–Kier alpha value is -1.87. The normalized spacial score (nSPS) is 12.0. The molecule has 1 atom stereocenters. The quantitative estimate of drug-likeness (QED) is 0.874. The minimum atomic E-state index is -0.611. The molecule has 4 heteroatoms. The Morgan fingerprint density at radius 3 is 2.62 bits per heavy atom. The van der Waals surface area contributed by atoms with E-state index in [0.717, 1.165) is 23.6 Å². The lowest BCUT2D eigenvalue weighted by molar-refractivity contribution is 0.0931. The lowest BCUT2D eigenvalue weighted by atomic mass is 9.99. The fourth-order valence-corrected chi connectivity index (χ4v) is 2.45. The standard InChI is InChI=1S/C17H17ClFNO/c1-3-16(13-7-5-4-6-11(13)2)20-17(21)14-9-8-12(18)10-15(14)19/h4-10,16H,3H2,1-2H3,(H,20,21)/t16-/m0/s1. The lowest BCUT2D eigenvalue weighted by Crippen LogP contribution is -2.29. The summed E-state index contributed by atoms with van der Waals surface area (Å²) in [5, 5.41) is 3.15. The molecule has 1 amide bonds. The first-order chi connectivity index (χ1) is 10.0. The summed E-state index contributed by atoms with van der Waals surface area (Å²) in [4.78, 5) is 12.2. The number of amides is 1. The highest BCUT2D eigenvalue weighted by Gasteiger charge is 2.18. The van der Waals surface area contributed by atoms with Gasteiger partial charge in [0.05, 0.1) is 11.6 Å². The Balaban J connectivity index is 2.23. The van der Waals surface area contributed by atoms with E-state index in [-0.39, 0.29) is 16.6 Å². The van der Waals surface area contributed by atoms with Gasteiger partial charge >= 0.3 is 0 Å². The second-order valence-electron chi connectivity index (χ2n) is 4.92. The summed E-state index contributed by atoms with van der Waals surface area (Å²) in [7, 11) is 0. The molecule has 2 rings (SSSR count). The molecule has 0 bridgehead atoms. The molecule has 2 aromatic carbocycles. The van der Waals surface area contributed by atoms with Crippen LogP contribution in [0.4, 0.5) is 4.39 Å². The van der Waals surface area contributed by atoms with E-state index in [1.54, 1.807) is 0 Å². The monoisotopic (exact) mass is 305 g/mol. The maximum atomic E-state index is 13.8. The van der Waals surface area contributed by atoms with Crippen LogP contribution in [0.2, 0.25) is 5.02 Å². The van der Waals surface area contributed by atoms with E-state index in [4.69, 9.17) is 11.6 Å². The van der Waals surface area contributed by atoms with Crippen molar-refractivity contribution in [2.24, 2.45) is 0 Å². The van der Waals surface area contributed by atoms with Gasteiger partial charge in [0.2, 0.25) is 0 Å². The van der Waals surface area contributed by atoms with Crippen LogP contribution in [-0.4, -0.2) is 5.91 Å². The van der Waals surface area contributed by atoms with Crippen molar-refractivity contribution in [2.75, 3.05) is 0 Å². The topological polar surface area (TPSA) is 29.1 Å². The van der Waals surface area contributed by atoms with Gasteiger partial charge in [-0.15, -0.1) is 0 Å². The molecule has 0 aliphatic heterocycles. The summed E-state index contributed by atoms with van der Waals surface area (Å²) in [5.41, 5.74) is 2.15. The number of carbonyl (C=O) groups is 1. The molecule has 0 heterocycles. The third kappa shape index (κ3) is 3.61. The Labute approximate surface area is 128 Å². The van der Waals surface area contributed by atoms with Gasteiger partial charge in [-0.3, -0.25) is 4.79 Å². The van der Waals surface area contributed by atoms with Crippen molar-refractivity contribution in [1.82, 2.24) is 5.32 Å². The van der Waals surface area contributed by atoms with Crippen LogP contribution in [0.3, 0.4) is 0 Å². The molecule has 110 valence electrons. The average Bonchev–Trinajstić information content (AvgIpc) is 2.45. The zero-order valence-electron chi connectivity index (χ0n) is 12.0. The van der Waals surface area contributed by atoms with Crippen LogP contribution in [0.5, 0.6) is 0 Å². The van der Waals surface area contributed by atoms with Gasteiger partial charge in [-0.25, -0.2) is 4.39 Å². The van der Waals surface area contributed by atoms with E-state index in [9.17, 15) is 9.18 Å². The number of carbonyl (C=O) groups excluding carboxylic acids is 1. The number of hydrogen-bond donors (Lipinski definition) is 1. The maximum absolute atomic E-state index is 13.8. The molecule has 0 fully saturated rings. The summed E-state index contributed by atoms with van der Waals surface area (Å²) in [6.45, 7) is 3.97. The second kappa shape index (κ2) is 6.72. The molecule has 0 radical (unpaired) electrons. The number of aryl methyl sites for hydroxylation is 1. The molecule has 0 saturated carbocycles. The van der Waals surface area contributed by atoms with Crippen molar-refractivity contribution in [3.05, 3.63) is 70.0 Å². The highest BCUT2D eigenvalue weighted by atomic mass is 35.5. The number of nitrogens with one attached hydrogen (secondary N) is 1. The van der Waals surface area contributed by atoms with Crippen molar-refractivity contribution >= 4 is 17.5 Å². The Kier molecular flexibility index (Phi) is 4.97. The number of rotatable bonds is 4. The van der Waals surface area contributed by atoms with E-state index < -0.39 is 11.7 Å². The molecular weight excluding hydrogens is 289 g/mol. The molecule has 0 saturated heterocycles. The van der Waals surface area contributed by atoms with Crippen LogP contribution in [-0.2, 0) is 0 Å². The molecule has 0 aromatic heterocycles. The SMILES string of the molecule is CC[C@H](NC(=O)c1ccc(Cl)cc1F)c1ccccc1C. The molecule has 0 spiro atoms. The Bertz CT molecular complexity index is 657.